The molecule has 8 nitrogen and oxygen atoms in total. The summed E-state index contributed by atoms with van der Waals surface area (Å²) in [5.74, 6) is -0.493. The lowest BCUT2D eigenvalue weighted by atomic mass is 10.00. The van der Waals surface area contributed by atoms with Crippen molar-refractivity contribution in [3.05, 3.63) is 89.5 Å². The lowest BCUT2D eigenvalue weighted by molar-refractivity contribution is -0.119. The SMILES string of the molecule is CCN(CC)CC(=O)N(C)c1ccc(N=C(c2ccccc2)c2c(O)[nH]c3cc(C(=O)OC)ccc23)cc1. The summed E-state index contributed by atoms with van der Waals surface area (Å²) in [6, 6.07) is 22.1. The van der Waals surface area contributed by atoms with Crippen LogP contribution >= 0.6 is 0 Å². The first kappa shape index (κ1) is 26.6. The molecule has 4 rings (SSSR count). The molecule has 0 saturated carbocycles. The van der Waals surface area contributed by atoms with Crippen LogP contribution in [0.25, 0.3) is 10.9 Å². The number of aromatic nitrogens is 1. The van der Waals surface area contributed by atoms with E-state index in [4.69, 9.17) is 9.73 Å². The van der Waals surface area contributed by atoms with Gasteiger partial charge < -0.3 is 19.7 Å². The van der Waals surface area contributed by atoms with Gasteiger partial charge in [0.15, 0.2) is 5.88 Å². The molecule has 0 aliphatic carbocycles. The summed E-state index contributed by atoms with van der Waals surface area (Å²) < 4.78 is 4.82. The van der Waals surface area contributed by atoms with Crippen molar-refractivity contribution in [1.29, 1.82) is 0 Å². The Balaban J connectivity index is 1.72. The number of hydrogen-bond donors (Lipinski definition) is 2. The van der Waals surface area contributed by atoms with Gasteiger partial charge in [-0.1, -0.05) is 50.2 Å². The quantitative estimate of drug-likeness (QED) is 0.239. The van der Waals surface area contributed by atoms with E-state index in [1.165, 1.54) is 7.11 Å². The van der Waals surface area contributed by atoms with Crippen LogP contribution in [0.15, 0.2) is 77.8 Å². The number of esters is 1. The minimum absolute atomic E-state index is 0.0185. The number of carbonyl (C=O) groups excluding carboxylic acids is 2. The Morgan fingerprint density at radius 1 is 0.947 bits per heavy atom. The Morgan fingerprint density at radius 3 is 2.26 bits per heavy atom. The Hall–Kier alpha value is -4.43. The van der Waals surface area contributed by atoms with Crippen molar-refractivity contribution in [3.8, 4) is 5.88 Å². The monoisotopic (exact) mass is 512 g/mol. The number of carbonyl (C=O) groups is 2. The van der Waals surface area contributed by atoms with Crippen molar-refractivity contribution < 1.29 is 19.4 Å². The van der Waals surface area contributed by atoms with Crippen LogP contribution in [0.1, 0.15) is 35.3 Å². The van der Waals surface area contributed by atoms with Gasteiger partial charge >= 0.3 is 5.97 Å². The number of benzene rings is 3. The zero-order valence-corrected chi connectivity index (χ0v) is 22.1. The van der Waals surface area contributed by atoms with Crippen molar-refractivity contribution >= 4 is 39.9 Å². The molecule has 3 aromatic carbocycles. The number of likely N-dealkylation sites (N-methyl/N-ethyl adjacent to an activating group) is 2. The Labute approximate surface area is 222 Å². The number of nitrogens with one attached hydrogen (secondary N) is 1. The van der Waals surface area contributed by atoms with E-state index < -0.39 is 5.97 Å². The molecular weight excluding hydrogens is 480 g/mol. The highest BCUT2D eigenvalue weighted by Gasteiger charge is 2.20. The van der Waals surface area contributed by atoms with Gasteiger partial charge in [-0.25, -0.2) is 9.79 Å². The summed E-state index contributed by atoms with van der Waals surface area (Å²) in [5, 5.41) is 11.6. The van der Waals surface area contributed by atoms with Crippen LogP contribution in [0.2, 0.25) is 0 Å². The van der Waals surface area contributed by atoms with E-state index in [-0.39, 0.29) is 11.8 Å². The minimum Gasteiger partial charge on any atom is -0.494 e. The normalized spacial score (nSPS) is 11.7. The molecule has 1 aromatic heterocycles. The van der Waals surface area contributed by atoms with Crippen LogP contribution in [0.3, 0.4) is 0 Å². The zero-order valence-electron chi connectivity index (χ0n) is 22.1. The molecule has 0 saturated heterocycles. The number of anilines is 1. The summed E-state index contributed by atoms with van der Waals surface area (Å²) in [5.41, 5.74) is 4.31. The summed E-state index contributed by atoms with van der Waals surface area (Å²) in [4.78, 5) is 36.3. The summed E-state index contributed by atoms with van der Waals surface area (Å²) in [7, 11) is 3.10. The van der Waals surface area contributed by atoms with Crippen LogP contribution < -0.4 is 4.90 Å². The third-order valence-corrected chi connectivity index (χ3v) is 6.59. The van der Waals surface area contributed by atoms with E-state index in [9.17, 15) is 14.7 Å². The number of fused-ring (bicyclic) bond motifs is 1. The van der Waals surface area contributed by atoms with E-state index in [1.807, 2.05) is 68.4 Å². The third-order valence-electron chi connectivity index (χ3n) is 6.59. The number of rotatable bonds is 9. The first-order valence-electron chi connectivity index (χ1n) is 12.5. The molecule has 0 unspecified atom stereocenters. The lowest BCUT2D eigenvalue weighted by Crippen LogP contribution is -2.38. The fourth-order valence-electron chi connectivity index (χ4n) is 4.30. The van der Waals surface area contributed by atoms with Crippen LogP contribution in [0, 0.1) is 0 Å². The standard InChI is InChI=1S/C30H32N4O4/c1-5-34(6-2)19-26(35)33(3)23-15-13-22(14-16-23)31-28(20-10-8-7-9-11-20)27-24-17-12-21(30(37)38-4)18-25(24)32-29(27)36/h7-18,32,36H,5-6,19H2,1-4H3. The number of amides is 1. The minimum atomic E-state index is -0.458. The van der Waals surface area contributed by atoms with Gasteiger partial charge in [-0.3, -0.25) is 9.69 Å². The molecule has 0 bridgehead atoms. The Morgan fingerprint density at radius 2 is 1.63 bits per heavy atom. The lowest BCUT2D eigenvalue weighted by Gasteiger charge is -2.23. The van der Waals surface area contributed by atoms with Gasteiger partial charge in [0.25, 0.3) is 0 Å². The number of aromatic amines is 1. The van der Waals surface area contributed by atoms with Crippen molar-refractivity contribution in [2.45, 2.75) is 13.8 Å². The molecule has 4 aromatic rings. The van der Waals surface area contributed by atoms with Crippen molar-refractivity contribution in [3.63, 3.8) is 0 Å². The predicted octanol–water partition coefficient (Wildman–Crippen LogP) is 5.13. The van der Waals surface area contributed by atoms with E-state index in [2.05, 4.69) is 9.88 Å². The van der Waals surface area contributed by atoms with Crippen molar-refractivity contribution in [2.24, 2.45) is 4.99 Å². The predicted molar refractivity (Wildman–Crippen MR) is 151 cm³/mol. The molecule has 196 valence electrons. The van der Waals surface area contributed by atoms with Gasteiger partial charge in [-0.2, -0.15) is 0 Å². The first-order valence-corrected chi connectivity index (χ1v) is 12.5. The number of hydrogen-bond acceptors (Lipinski definition) is 6. The molecule has 0 fully saturated rings. The number of nitrogens with zero attached hydrogens (tertiary/aromatic N) is 3. The molecule has 0 spiro atoms. The van der Waals surface area contributed by atoms with E-state index in [0.29, 0.717) is 34.6 Å². The molecule has 0 aliphatic heterocycles. The molecular formula is C30H32N4O4. The molecule has 0 aliphatic rings. The number of ether oxygens (including phenoxy) is 1. The van der Waals surface area contributed by atoms with E-state index >= 15 is 0 Å². The fraction of sp³-hybridized carbons (Fsp3) is 0.233. The number of methoxy groups -OCH3 is 1. The summed E-state index contributed by atoms with van der Waals surface area (Å²) in [6.45, 7) is 6.07. The average molecular weight is 513 g/mol. The highest BCUT2D eigenvalue weighted by Crippen LogP contribution is 2.32. The maximum absolute atomic E-state index is 12.7. The van der Waals surface area contributed by atoms with Gasteiger partial charge in [-0.15, -0.1) is 0 Å². The third kappa shape index (κ3) is 5.60. The molecule has 38 heavy (non-hydrogen) atoms. The number of aliphatic imine (C=N–C) groups is 1. The zero-order chi connectivity index (χ0) is 27.2. The van der Waals surface area contributed by atoms with Gasteiger partial charge in [0.2, 0.25) is 5.91 Å². The van der Waals surface area contributed by atoms with Crippen molar-refractivity contribution in [2.75, 3.05) is 38.7 Å². The van der Waals surface area contributed by atoms with Crippen LogP contribution in [-0.4, -0.2) is 66.4 Å². The largest absolute Gasteiger partial charge is 0.494 e. The number of aromatic hydroxyl groups is 1. The van der Waals surface area contributed by atoms with Gasteiger partial charge in [0.05, 0.1) is 36.2 Å². The smallest absolute Gasteiger partial charge is 0.337 e. The number of H-pyrrole nitrogens is 1. The highest BCUT2D eigenvalue weighted by molar-refractivity contribution is 6.22. The molecule has 2 N–H and O–H groups in total. The second-order valence-electron chi connectivity index (χ2n) is 8.86. The average Bonchev–Trinajstić information content (AvgIpc) is 3.28. The molecule has 8 heteroatoms. The first-order chi connectivity index (χ1) is 18.4. The molecule has 1 amide bonds. The van der Waals surface area contributed by atoms with Crippen molar-refractivity contribution in [1.82, 2.24) is 9.88 Å². The van der Waals surface area contributed by atoms with Crippen LogP contribution in [0.5, 0.6) is 5.88 Å². The summed E-state index contributed by atoms with van der Waals surface area (Å²) >= 11 is 0. The molecule has 0 atom stereocenters. The van der Waals surface area contributed by atoms with E-state index in [1.54, 1.807) is 30.1 Å². The fourth-order valence-corrected chi connectivity index (χ4v) is 4.30. The topological polar surface area (TPSA) is 98.2 Å². The van der Waals surface area contributed by atoms with Gasteiger partial charge in [0, 0.05) is 29.2 Å². The second-order valence-corrected chi connectivity index (χ2v) is 8.86. The van der Waals surface area contributed by atoms with Crippen LogP contribution in [-0.2, 0) is 9.53 Å². The van der Waals surface area contributed by atoms with Crippen LogP contribution in [0.4, 0.5) is 11.4 Å². The maximum atomic E-state index is 12.7. The molecule has 1 heterocycles. The maximum Gasteiger partial charge on any atom is 0.337 e. The second kappa shape index (κ2) is 11.7. The Bertz CT molecular complexity index is 1460. The highest BCUT2D eigenvalue weighted by atomic mass is 16.5. The molecule has 0 radical (unpaired) electrons. The summed E-state index contributed by atoms with van der Waals surface area (Å²) in [6.07, 6.45) is 0. The van der Waals surface area contributed by atoms with Gasteiger partial charge in [-0.05, 0) is 49.5 Å². The van der Waals surface area contributed by atoms with E-state index in [0.717, 1.165) is 29.7 Å². The van der Waals surface area contributed by atoms with Gasteiger partial charge in [0.1, 0.15) is 0 Å². The Kier molecular flexibility index (Phi) is 8.23.